The quantitative estimate of drug-likeness (QED) is 0.771. The Balaban J connectivity index is 1.51. The highest BCUT2D eigenvalue weighted by Crippen LogP contribution is 2.23. The zero-order valence-electron chi connectivity index (χ0n) is 14.4. The van der Waals surface area contributed by atoms with Crippen LogP contribution in [0.15, 0.2) is 73.1 Å². The van der Waals surface area contributed by atoms with Gasteiger partial charge in [0, 0.05) is 37.0 Å². The van der Waals surface area contributed by atoms with E-state index in [1.807, 2.05) is 73.1 Å². The average molecular weight is 347 g/mol. The van der Waals surface area contributed by atoms with Crippen molar-refractivity contribution in [2.24, 2.45) is 0 Å². The SMILES string of the molecule is O=C(N[C@H]1CCc2nccn2C1)[C@@H](Oc1ccccc1)c1ccccc1. The van der Waals surface area contributed by atoms with Crippen LogP contribution in [0.4, 0.5) is 0 Å². The Morgan fingerprint density at radius 1 is 1.12 bits per heavy atom. The van der Waals surface area contributed by atoms with Crippen molar-refractivity contribution < 1.29 is 9.53 Å². The highest BCUT2D eigenvalue weighted by molar-refractivity contribution is 5.82. The molecule has 5 nitrogen and oxygen atoms in total. The molecule has 26 heavy (non-hydrogen) atoms. The number of rotatable bonds is 5. The summed E-state index contributed by atoms with van der Waals surface area (Å²) in [6, 6.07) is 19.1. The number of ether oxygens (including phenoxy) is 1. The molecule has 0 fully saturated rings. The van der Waals surface area contributed by atoms with Crippen molar-refractivity contribution in [2.45, 2.75) is 31.5 Å². The molecule has 4 rings (SSSR count). The summed E-state index contributed by atoms with van der Waals surface area (Å²) in [7, 11) is 0. The fourth-order valence-electron chi connectivity index (χ4n) is 3.30. The van der Waals surface area contributed by atoms with Crippen LogP contribution in [0.5, 0.6) is 5.75 Å². The standard InChI is InChI=1S/C21H21N3O2/c25-21(23-17-11-12-19-22-13-14-24(19)15-17)20(16-7-3-1-4-8-16)26-18-9-5-2-6-10-18/h1-10,13-14,17,20H,11-12,15H2,(H,23,25)/t17-,20-/m0/s1. The molecule has 0 radical (unpaired) electrons. The number of aryl methyl sites for hydroxylation is 1. The maximum absolute atomic E-state index is 13.0. The van der Waals surface area contributed by atoms with E-state index in [2.05, 4.69) is 14.9 Å². The number of para-hydroxylation sites is 1. The normalized spacial score (nSPS) is 17.2. The molecule has 2 aromatic carbocycles. The summed E-state index contributed by atoms with van der Waals surface area (Å²) in [6.45, 7) is 0.744. The average Bonchev–Trinajstić information content (AvgIpc) is 3.15. The van der Waals surface area contributed by atoms with E-state index < -0.39 is 6.10 Å². The van der Waals surface area contributed by atoms with Crippen molar-refractivity contribution in [3.63, 3.8) is 0 Å². The van der Waals surface area contributed by atoms with Gasteiger partial charge in [-0.15, -0.1) is 0 Å². The fourth-order valence-corrected chi connectivity index (χ4v) is 3.30. The molecule has 1 N–H and O–H groups in total. The van der Waals surface area contributed by atoms with Crippen molar-refractivity contribution in [1.82, 2.24) is 14.9 Å². The van der Waals surface area contributed by atoms with E-state index in [1.54, 1.807) is 0 Å². The first kappa shape index (κ1) is 16.4. The first-order valence-electron chi connectivity index (χ1n) is 8.86. The second kappa shape index (κ2) is 7.44. The predicted molar refractivity (Wildman–Crippen MR) is 98.7 cm³/mol. The van der Waals surface area contributed by atoms with Gasteiger partial charge < -0.3 is 14.6 Å². The van der Waals surface area contributed by atoms with Gasteiger partial charge in [-0.2, -0.15) is 0 Å². The molecule has 5 heteroatoms. The number of carbonyl (C=O) groups is 1. The molecular weight excluding hydrogens is 326 g/mol. The second-order valence-corrected chi connectivity index (χ2v) is 6.46. The van der Waals surface area contributed by atoms with E-state index >= 15 is 0 Å². The van der Waals surface area contributed by atoms with E-state index in [9.17, 15) is 4.79 Å². The number of hydrogen-bond donors (Lipinski definition) is 1. The van der Waals surface area contributed by atoms with Crippen LogP contribution in [0.3, 0.4) is 0 Å². The van der Waals surface area contributed by atoms with Crippen LogP contribution in [0.25, 0.3) is 0 Å². The molecule has 3 aromatic rings. The summed E-state index contributed by atoms with van der Waals surface area (Å²) in [4.78, 5) is 17.3. The van der Waals surface area contributed by atoms with Crippen molar-refractivity contribution in [2.75, 3.05) is 0 Å². The van der Waals surface area contributed by atoms with Crippen LogP contribution in [0.1, 0.15) is 23.9 Å². The first-order chi connectivity index (χ1) is 12.8. The first-order valence-corrected chi connectivity index (χ1v) is 8.86. The molecule has 0 aliphatic carbocycles. The minimum absolute atomic E-state index is 0.0785. The van der Waals surface area contributed by atoms with E-state index in [-0.39, 0.29) is 11.9 Å². The molecule has 0 spiro atoms. The fraction of sp³-hybridized carbons (Fsp3) is 0.238. The lowest BCUT2D eigenvalue weighted by molar-refractivity contribution is -0.129. The smallest absolute Gasteiger partial charge is 0.266 e. The highest BCUT2D eigenvalue weighted by Gasteiger charge is 2.27. The zero-order valence-corrected chi connectivity index (χ0v) is 14.4. The highest BCUT2D eigenvalue weighted by atomic mass is 16.5. The Morgan fingerprint density at radius 2 is 1.85 bits per heavy atom. The number of amides is 1. The zero-order chi connectivity index (χ0) is 17.8. The Hall–Kier alpha value is -3.08. The Morgan fingerprint density at radius 3 is 2.62 bits per heavy atom. The third-order valence-corrected chi connectivity index (χ3v) is 4.62. The molecule has 132 valence electrons. The molecule has 0 saturated heterocycles. The summed E-state index contributed by atoms with van der Waals surface area (Å²) in [5.74, 6) is 1.64. The Labute approximate surface area is 152 Å². The predicted octanol–water partition coefficient (Wildman–Crippen LogP) is 3.13. The Bertz CT molecular complexity index is 861. The number of hydrogen-bond acceptors (Lipinski definition) is 3. The molecule has 1 aliphatic rings. The number of nitrogens with zero attached hydrogens (tertiary/aromatic N) is 2. The number of imidazole rings is 1. The van der Waals surface area contributed by atoms with Gasteiger partial charge in [-0.3, -0.25) is 4.79 Å². The molecular formula is C21H21N3O2. The van der Waals surface area contributed by atoms with Crippen LogP contribution >= 0.6 is 0 Å². The topological polar surface area (TPSA) is 56.2 Å². The molecule has 0 unspecified atom stereocenters. The number of carbonyl (C=O) groups excluding carboxylic acids is 1. The summed E-state index contributed by atoms with van der Waals surface area (Å²) in [6.07, 6.45) is 4.85. The lowest BCUT2D eigenvalue weighted by Crippen LogP contribution is -2.44. The van der Waals surface area contributed by atoms with Crippen LogP contribution in [-0.4, -0.2) is 21.5 Å². The van der Waals surface area contributed by atoms with Gasteiger partial charge in [0.25, 0.3) is 5.91 Å². The minimum atomic E-state index is -0.678. The van der Waals surface area contributed by atoms with Crippen molar-refractivity contribution in [3.8, 4) is 5.75 Å². The number of benzene rings is 2. The van der Waals surface area contributed by atoms with Crippen LogP contribution < -0.4 is 10.1 Å². The van der Waals surface area contributed by atoms with Gasteiger partial charge in [0.05, 0.1) is 0 Å². The lowest BCUT2D eigenvalue weighted by atomic mass is 10.0. The molecule has 1 aliphatic heterocycles. The maximum atomic E-state index is 13.0. The van der Waals surface area contributed by atoms with Gasteiger partial charge >= 0.3 is 0 Å². The number of aromatic nitrogens is 2. The Kier molecular flexibility index (Phi) is 4.69. The van der Waals surface area contributed by atoms with Crippen LogP contribution in [-0.2, 0) is 17.8 Å². The van der Waals surface area contributed by atoms with Gasteiger partial charge in [0.1, 0.15) is 11.6 Å². The molecule has 2 atom stereocenters. The number of nitrogens with one attached hydrogen (secondary N) is 1. The largest absolute Gasteiger partial charge is 0.476 e. The van der Waals surface area contributed by atoms with Gasteiger partial charge in [-0.1, -0.05) is 48.5 Å². The molecule has 0 saturated carbocycles. The van der Waals surface area contributed by atoms with E-state index in [1.165, 1.54) is 0 Å². The van der Waals surface area contributed by atoms with Crippen LogP contribution in [0.2, 0.25) is 0 Å². The monoisotopic (exact) mass is 347 g/mol. The molecule has 1 amide bonds. The summed E-state index contributed by atoms with van der Waals surface area (Å²) >= 11 is 0. The van der Waals surface area contributed by atoms with Gasteiger partial charge in [0.2, 0.25) is 6.10 Å². The van der Waals surface area contributed by atoms with E-state index in [0.29, 0.717) is 5.75 Å². The third kappa shape index (κ3) is 3.61. The van der Waals surface area contributed by atoms with Gasteiger partial charge in [-0.25, -0.2) is 4.98 Å². The van der Waals surface area contributed by atoms with Crippen molar-refractivity contribution in [3.05, 3.63) is 84.4 Å². The van der Waals surface area contributed by atoms with Crippen molar-refractivity contribution >= 4 is 5.91 Å². The van der Waals surface area contributed by atoms with E-state index in [0.717, 1.165) is 30.8 Å². The summed E-state index contributed by atoms with van der Waals surface area (Å²) in [5.41, 5.74) is 0.841. The maximum Gasteiger partial charge on any atom is 0.266 e. The van der Waals surface area contributed by atoms with Crippen LogP contribution in [0, 0.1) is 0 Å². The lowest BCUT2D eigenvalue weighted by Gasteiger charge is -2.27. The molecule has 1 aromatic heterocycles. The summed E-state index contributed by atoms with van der Waals surface area (Å²) < 4.78 is 8.13. The van der Waals surface area contributed by atoms with Gasteiger partial charge in [0.15, 0.2) is 0 Å². The second-order valence-electron chi connectivity index (χ2n) is 6.46. The molecule has 2 heterocycles. The molecule has 0 bridgehead atoms. The number of fused-ring (bicyclic) bond motifs is 1. The van der Waals surface area contributed by atoms with E-state index in [4.69, 9.17) is 4.74 Å². The summed E-state index contributed by atoms with van der Waals surface area (Å²) in [5, 5.41) is 3.16. The minimum Gasteiger partial charge on any atom is -0.476 e. The third-order valence-electron chi connectivity index (χ3n) is 4.62. The van der Waals surface area contributed by atoms with Gasteiger partial charge in [-0.05, 0) is 18.6 Å². The van der Waals surface area contributed by atoms with Crippen molar-refractivity contribution in [1.29, 1.82) is 0 Å².